The lowest BCUT2D eigenvalue weighted by Gasteiger charge is -2.19. The second-order valence-electron chi connectivity index (χ2n) is 1.51. The molecule has 0 radical (unpaired) electrons. The third-order valence-corrected chi connectivity index (χ3v) is 4.50. The molecule has 1 unspecified atom stereocenters. The van der Waals surface area contributed by atoms with E-state index in [9.17, 15) is 0 Å². The van der Waals surface area contributed by atoms with Crippen LogP contribution in [0.1, 0.15) is 13.3 Å². The molecule has 5 heteroatoms. The van der Waals surface area contributed by atoms with Gasteiger partial charge in [-0.1, -0.05) is 30.1 Å². The monoisotopic (exact) mass is 226 g/mol. The van der Waals surface area contributed by atoms with Crippen LogP contribution in [0.4, 0.5) is 0 Å². The SMILES string of the molecule is CCC(Cl)C(Cl)(Cl)SCl. The van der Waals surface area contributed by atoms with Crippen molar-refractivity contribution in [1.82, 2.24) is 0 Å². The Morgan fingerprint density at radius 1 is 1.56 bits per heavy atom. The van der Waals surface area contributed by atoms with Gasteiger partial charge < -0.3 is 0 Å². The van der Waals surface area contributed by atoms with Crippen LogP contribution in [0.15, 0.2) is 0 Å². The molecule has 0 fully saturated rings. The third-order valence-electron chi connectivity index (χ3n) is 0.826. The first-order valence-electron chi connectivity index (χ1n) is 2.36. The molecule has 0 saturated carbocycles. The largest absolute Gasteiger partial charge is 0.193 e. The van der Waals surface area contributed by atoms with Crippen molar-refractivity contribution in [3.05, 3.63) is 0 Å². The summed E-state index contributed by atoms with van der Waals surface area (Å²) in [5.41, 5.74) is 0. The van der Waals surface area contributed by atoms with E-state index in [1.54, 1.807) is 0 Å². The van der Waals surface area contributed by atoms with Gasteiger partial charge in [0.1, 0.15) is 0 Å². The molecule has 0 bridgehead atoms. The molecule has 0 spiro atoms. The van der Waals surface area contributed by atoms with Gasteiger partial charge in [-0.05, 0) is 28.1 Å². The molecule has 0 nitrogen and oxygen atoms in total. The van der Waals surface area contributed by atoms with Crippen LogP contribution >= 0.6 is 56.5 Å². The number of halogens is 4. The summed E-state index contributed by atoms with van der Waals surface area (Å²) >= 11 is 17.0. The minimum atomic E-state index is -1.06. The van der Waals surface area contributed by atoms with E-state index >= 15 is 0 Å². The molecule has 0 N–H and O–H groups in total. The fourth-order valence-electron chi connectivity index (χ4n) is 0.286. The van der Waals surface area contributed by atoms with Crippen molar-refractivity contribution in [1.29, 1.82) is 0 Å². The zero-order valence-electron chi connectivity index (χ0n) is 4.70. The van der Waals surface area contributed by atoms with E-state index in [1.165, 1.54) is 0 Å². The molecule has 0 aliphatic rings. The van der Waals surface area contributed by atoms with Crippen molar-refractivity contribution in [2.45, 2.75) is 22.4 Å². The molecular formula is C4H6Cl4S. The minimum Gasteiger partial charge on any atom is -0.119 e. The van der Waals surface area contributed by atoms with Crippen LogP contribution in [-0.4, -0.2) is 9.04 Å². The summed E-state index contributed by atoms with van der Waals surface area (Å²) in [4.78, 5) is 0. The second kappa shape index (κ2) is 4.40. The molecule has 9 heavy (non-hydrogen) atoms. The van der Waals surface area contributed by atoms with E-state index in [0.29, 0.717) is 6.42 Å². The summed E-state index contributed by atoms with van der Waals surface area (Å²) < 4.78 is -1.06. The highest BCUT2D eigenvalue weighted by atomic mass is 35.7. The van der Waals surface area contributed by atoms with Crippen molar-refractivity contribution in [3.8, 4) is 0 Å². The maximum absolute atomic E-state index is 5.69. The molecular weight excluding hydrogens is 222 g/mol. The van der Waals surface area contributed by atoms with Gasteiger partial charge in [0, 0.05) is 0 Å². The highest BCUT2D eigenvalue weighted by Gasteiger charge is 2.32. The van der Waals surface area contributed by atoms with Gasteiger partial charge in [0.25, 0.3) is 0 Å². The number of hydrogen-bond acceptors (Lipinski definition) is 1. The zero-order valence-corrected chi connectivity index (χ0v) is 8.54. The molecule has 0 aromatic heterocycles. The fourth-order valence-corrected chi connectivity index (χ4v) is 1.45. The minimum absolute atomic E-state index is 0.302. The quantitative estimate of drug-likeness (QED) is 0.657. The molecule has 0 aromatic rings. The number of rotatable bonds is 3. The Kier molecular flexibility index (Phi) is 5.14. The van der Waals surface area contributed by atoms with Crippen LogP contribution in [0.3, 0.4) is 0 Å². The Hall–Kier alpha value is 1.51. The Morgan fingerprint density at radius 3 is 2.11 bits per heavy atom. The Balaban J connectivity index is 3.80. The number of hydrogen-bond donors (Lipinski definition) is 0. The van der Waals surface area contributed by atoms with Crippen LogP contribution in [0.2, 0.25) is 0 Å². The fraction of sp³-hybridized carbons (Fsp3) is 1.00. The van der Waals surface area contributed by atoms with Crippen molar-refractivity contribution >= 4 is 56.5 Å². The summed E-state index contributed by atoms with van der Waals surface area (Å²) in [6, 6.07) is 0. The van der Waals surface area contributed by atoms with Gasteiger partial charge in [-0.25, -0.2) is 0 Å². The van der Waals surface area contributed by atoms with E-state index in [4.69, 9.17) is 45.5 Å². The summed E-state index contributed by atoms with van der Waals surface area (Å²) in [5.74, 6) is 0. The van der Waals surface area contributed by atoms with E-state index in [-0.39, 0.29) is 5.38 Å². The summed E-state index contributed by atoms with van der Waals surface area (Å²) in [6.45, 7) is 1.89. The molecule has 0 heterocycles. The highest BCUT2D eigenvalue weighted by molar-refractivity contribution is 8.24. The Bertz CT molecular complexity index is 84.6. The lowest BCUT2D eigenvalue weighted by atomic mass is 10.4. The lowest BCUT2D eigenvalue weighted by molar-refractivity contribution is 0.842. The van der Waals surface area contributed by atoms with E-state index in [2.05, 4.69) is 0 Å². The first kappa shape index (κ1) is 10.5. The topological polar surface area (TPSA) is 0 Å². The Labute approximate surface area is 78.7 Å². The lowest BCUT2D eigenvalue weighted by Crippen LogP contribution is -2.19. The molecule has 0 saturated heterocycles. The molecule has 0 aliphatic heterocycles. The molecule has 0 aliphatic carbocycles. The van der Waals surface area contributed by atoms with Gasteiger partial charge in [0.2, 0.25) is 0 Å². The van der Waals surface area contributed by atoms with Crippen molar-refractivity contribution in [2.75, 3.05) is 0 Å². The van der Waals surface area contributed by atoms with Gasteiger partial charge >= 0.3 is 0 Å². The van der Waals surface area contributed by atoms with Gasteiger partial charge in [-0.3, -0.25) is 0 Å². The van der Waals surface area contributed by atoms with Gasteiger partial charge in [0.15, 0.2) is 3.67 Å². The van der Waals surface area contributed by atoms with Crippen molar-refractivity contribution in [2.24, 2.45) is 0 Å². The smallest absolute Gasteiger partial charge is 0.119 e. The molecule has 0 amide bonds. The summed E-state index contributed by atoms with van der Waals surface area (Å²) in [7, 11) is 6.17. The maximum atomic E-state index is 5.69. The van der Waals surface area contributed by atoms with Crippen LogP contribution in [0.25, 0.3) is 0 Å². The average Bonchev–Trinajstić information content (AvgIpc) is 1.86. The summed E-state index contributed by atoms with van der Waals surface area (Å²) in [6.07, 6.45) is 0.703. The van der Waals surface area contributed by atoms with Gasteiger partial charge in [-0.2, -0.15) is 0 Å². The second-order valence-corrected chi connectivity index (χ2v) is 5.14. The number of alkyl halides is 3. The predicted octanol–water partition coefficient (Wildman–Crippen LogP) is 4.02. The van der Waals surface area contributed by atoms with E-state index in [0.717, 1.165) is 11.0 Å². The molecule has 0 rings (SSSR count). The van der Waals surface area contributed by atoms with Crippen LogP contribution in [0.5, 0.6) is 0 Å². The predicted molar refractivity (Wildman–Crippen MR) is 47.8 cm³/mol. The standard InChI is InChI=1S/C4H6Cl4S/c1-2-3(5)4(6,7)9-8/h3H,2H2,1H3. The van der Waals surface area contributed by atoms with Crippen LogP contribution in [-0.2, 0) is 0 Å². The van der Waals surface area contributed by atoms with Gasteiger partial charge in [0.05, 0.1) is 5.38 Å². The average molecular weight is 228 g/mol. The molecule has 1 atom stereocenters. The zero-order chi connectivity index (χ0) is 7.49. The molecule has 56 valence electrons. The van der Waals surface area contributed by atoms with Gasteiger partial charge in [-0.15, -0.1) is 11.6 Å². The van der Waals surface area contributed by atoms with Crippen LogP contribution in [0, 0.1) is 0 Å². The Morgan fingerprint density at radius 2 is 2.00 bits per heavy atom. The first-order chi connectivity index (χ1) is 4.04. The molecule has 0 aromatic carbocycles. The van der Waals surface area contributed by atoms with E-state index in [1.807, 2.05) is 6.92 Å². The normalized spacial score (nSPS) is 15.7. The van der Waals surface area contributed by atoms with Crippen molar-refractivity contribution in [3.63, 3.8) is 0 Å². The van der Waals surface area contributed by atoms with E-state index < -0.39 is 3.67 Å². The highest BCUT2D eigenvalue weighted by Crippen LogP contribution is 2.43. The summed E-state index contributed by atoms with van der Waals surface area (Å²) in [5, 5.41) is -0.302. The van der Waals surface area contributed by atoms with Crippen LogP contribution < -0.4 is 0 Å². The third kappa shape index (κ3) is 3.43. The first-order valence-corrected chi connectivity index (χ1v) is 5.19. The van der Waals surface area contributed by atoms with Crippen molar-refractivity contribution < 1.29 is 0 Å². The maximum Gasteiger partial charge on any atom is 0.193 e.